The second kappa shape index (κ2) is 9.03. The van der Waals surface area contributed by atoms with Gasteiger partial charge in [0.15, 0.2) is 0 Å². The van der Waals surface area contributed by atoms with Crippen molar-refractivity contribution in [2.24, 2.45) is 41.4 Å². The predicted molar refractivity (Wildman–Crippen MR) is 89.3 cm³/mol. The first-order chi connectivity index (χ1) is 8.70. The van der Waals surface area contributed by atoms with Crippen molar-refractivity contribution in [2.75, 3.05) is 0 Å². The zero-order valence-corrected chi connectivity index (χ0v) is 15.2. The van der Waals surface area contributed by atoms with Crippen molar-refractivity contribution in [1.82, 2.24) is 0 Å². The Bertz CT molecular complexity index is 214. The lowest BCUT2D eigenvalue weighted by atomic mass is 9.68. The molecule has 19 heavy (non-hydrogen) atoms. The molecule has 0 aliphatic carbocycles. The topological polar surface area (TPSA) is 0 Å². The van der Waals surface area contributed by atoms with Crippen LogP contribution in [-0.2, 0) is 0 Å². The van der Waals surface area contributed by atoms with Crippen LogP contribution in [0.15, 0.2) is 0 Å². The van der Waals surface area contributed by atoms with E-state index in [-0.39, 0.29) is 0 Å². The molecule has 4 atom stereocenters. The van der Waals surface area contributed by atoms with E-state index in [2.05, 4.69) is 62.3 Å². The summed E-state index contributed by atoms with van der Waals surface area (Å²) in [7, 11) is 0. The van der Waals surface area contributed by atoms with Crippen LogP contribution in [0.1, 0.15) is 81.6 Å². The van der Waals surface area contributed by atoms with Crippen LogP contribution in [0.25, 0.3) is 0 Å². The lowest BCUT2D eigenvalue weighted by molar-refractivity contribution is 0.125. The average molecular weight is 269 g/mol. The second-order valence-corrected chi connectivity index (χ2v) is 8.04. The van der Waals surface area contributed by atoms with Gasteiger partial charge in [-0.25, -0.2) is 0 Å². The van der Waals surface area contributed by atoms with E-state index < -0.39 is 0 Å². The molecule has 116 valence electrons. The zero-order chi connectivity index (χ0) is 15.2. The SMILES string of the molecule is CCC(C(C)C)C(CC(C)C(C)C)C(C)CC(C)C. The Morgan fingerprint density at radius 2 is 1.11 bits per heavy atom. The van der Waals surface area contributed by atoms with Gasteiger partial charge in [0.1, 0.15) is 0 Å². The van der Waals surface area contributed by atoms with Crippen LogP contribution >= 0.6 is 0 Å². The highest BCUT2D eigenvalue weighted by atomic mass is 14.4. The predicted octanol–water partition coefficient (Wildman–Crippen LogP) is 6.65. The van der Waals surface area contributed by atoms with Gasteiger partial charge in [-0.05, 0) is 54.3 Å². The molecule has 0 bridgehead atoms. The molecule has 0 nitrogen and oxygen atoms in total. The normalized spacial score (nSPS) is 18.9. The average Bonchev–Trinajstić information content (AvgIpc) is 2.26. The van der Waals surface area contributed by atoms with Crippen molar-refractivity contribution >= 4 is 0 Å². The van der Waals surface area contributed by atoms with Crippen molar-refractivity contribution in [3.63, 3.8) is 0 Å². The zero-order valence-electron chi connectivity index (χ0n) is 15.2. The fraction of sp³-hybridized carbons (Fsp3) is 1.00. The number of rotatable bonds is 9. The molecule has 0 fully saturated rings. The van der Waals surface area contributed by atoms with Gasteiger partial charge in [0.25, 0.3) is 0 Å². The maximum Gasteiger partial charge on any atom is -0.0355 e. The fourth-order valence-electron chi connectivity index (χ4n) is 3.72. The van der Waals surface area contributed by atoms with Gasteiger partial charge < -0.3 is 0 Å². The molecule has 0 aliphatic rings. The van der Waals surface area contributed by atoms with E-state index in [9.17, 15) is 0 Å². The first-order valence-corrected chi connectivity index (χ1v) is 8.70. The Hall–Kier alpha value is 0. The molecule has 4 unspecified atom stereocenters. The first-order valence-electron chi connectivity index (χ1n) is 8.70. The molecule has 0 saturated carbocycles. The van der Waals surface area contributed by atoms with Crippen LogP contribution in [0.4, 0.5) is 0 Å². The summed E-state index contributed by atoms with van der Waals surface area (Å²) in [6.07, 6.45) is 4.15. The summed E-state index contributed by atoms with van der Waals surface area (Å²) in [5, 5.41) is 0. The smallest absolute Gasteiger partial charge is 0.0355 e. The molecular weight excluding hydrogens is 228 g/mol. The van der Waals surface area contributed by atoms with E-state index >= 15 is 0 Å². The largest absolute Gasteiger partial charge is 0.0651 e. The molecule has 0 amide bonds. The molecule has 0 heterocycles. The summed E-state index contributed by atoms with van der Waals surface area (Å²) in [6.45, 7) is 21.7. The summed E-state index contributed by atoms with van der Waals surface area (Å²) in [6, 6.07) is 0. The molecule has 0 aliphatic heterocycles. The van der Waals surface area contributed by atoms with E-state index in [0.717, 1.165) is 41.4 Å². The van der Waals surface area contributed by atoms with E-state index in [1.807, 2.05) is 0 Å². The Kier molecular flexibility index (Phi) is 9.03. The highest BCUT2D eigenvalue weighted by Crippen LogP contribution is 2.38. The summed E-state index contributed by atoms with van der Waals surface area (Å²) in [5.74, 6) is 6.00. The monoisotopic (exact) mass is 268 g/mol. The van der Waals surface area contributed by atoms with Gasteiger partial charge in [-0.3, -0.25) is 0 Å². The van der Waals surface area contributed by atoms with Crippen molar-refractivity contribution in [3.8, 4) is 0 Å². The Morgan fingerprint density at radius 3 is 1.42 bits per heavy atom. The van der Waals surface area contributed by atoms with Crippen molar-refractivity contribution < 1.29 is 0 Å². The van der Waals surface area contributed by atoms with E-state index in [1.165, 1.54) is 19.3 Å². The molecule has 0 rings (SSSR count). The molecular formula is C19H40. The molecule has 0 spiro atoms. The summed E-state index contributed by atoms with van der Waals surface area (Å²) in [5.41, 5.74) is 0. The lowest BCUT2D eigenvalue weighted by Crippen LogP contribution is -2.29. The van der Waals surface area contributed by atoms with Crippen LogP contribution < -0.4 is 0 Å². The van der Waals surface area contributed by atoms with Crippen LogP contribution in [0.2, 0.25) is 0 Å². The molecule has 0 aromatic heterocycles. The van der Waals surface area contributed by atoms with Crippen molar-refractivity contribution in [3.05, 3.63) is 0 Å². The third kappa shape index (κ3) is 6.82. The van der Waals surface area contributed by atoms with E-state index in [4.69, 9.17) is 0 Å². The molecule has 0 radical (unpaired) electrons. The molecule has 0 aromatic rings. The van der Waals surface area contributed by atoms with Gasteiger partial charge in [0.2, 0.25) is 0 Å². The summed E-state index contributed by atoms with van der Waals surface area (Å²) in [4.78, 5) is 0. The quantitative estimate of drug-likeness (QED) is 0.439. The maximum atomic E-state index is 2.50. The van der Waals surface area contributed by atoms with Crippen molar-refractivity contribution in [2.45, 2.75) is 81.6 Å². The van der Waals surface area contributed by atoms with Gasteiger partial charge >= 0.3 is 0 Å². The fourth-order valence-corrected chi connectivity index (χ4v) is 3.72. The third-order valence-electron chi connectivity index (χ3n) is 5.23. The minimum atomic E-state index is 0.818. The minimum Gasteiger partial charge on any atom is -0.0651 e. The van der Waals surface area contributed by atoms with Crippen LogP contribution in [0, 0.1) is 41.4 Å². The highest BCUT2D eigenvalue weighted by Gasteiger charge is 2.30. The van der Waals surface area contributed by atoms with E-state index in [1.54, 1.807) is 0 Å². The van der Waals surface area contributed by atoms with E-state index in [0.29, 0.717) is 0 Å². The Labute approximate surface area is 123 Å². The molecule has 0 aromatic carbocycles. The summed E-state index contributed by atoms with van der Waals surface area (Å²) >= 11 is 0. The molecule has 0 N–H and O–H groups in total. The van der Waals surface area contributed by atoms with Gasteiger partial charge in [-0.1, -0.05) is 68.7 Å². The Morgan fingerprint density at radius 1 is 0.579 bits per heavy atom. The van der Waals surface area contributed by atoms with Gasteiger partial charge in [-0.15, -0.1) is 0 Å². The lowest BCUT2D eigenvalue weighted by Gasteiger charge is -2.37. The van der Waals surface area contributed by atoms with Gasteiger partial charge in [-0.2, -0.15) is 0 Å². The first kappa shape index (κ1) is 19.0. The van der Waals surface area contributed by atoms with Crippen LogP contribution in [0.5, 0.6) is 0 Å². The van der Waals surface area contributed by atoms with Crippen molar-refractivity contribution in [1.29, 1.82) is 0 Å². The number of hydrogen-bond donors (Lipinski definition) is 0. The molecule has 0 saturated heterocycles. The van der Waals surface area contributed by atoms with Crippen LogP contribution in [0.3, 0.4) is 0 Å². The summed E-state index contributed by atoms with van der Waals surface area (Å²) < 4.78 is 0. The third-order valence-corrected chi connectivity index (χ3v) is 5.23. The van der Waals surface area contributed by atoms with Crippen LogP contribution in [-0.4, -0.2) is 0 Å². The standard InChI is InChI=1S/C19H40/c1-10-18(15(6)7)19(12-16(8)14(4)5)17(9)11-13(2)3/h13-19H,10-12H2,1-9H3. The van der Waals surface area contributed by atoms with Gasteiger partial charge in [0.05, 0.1) is 0 Å². The van der Waals surface area contributed by atoms with Gasteiger partial charge in [0, 0.05) is 0 Å². The molecule has 0 heteroatoms. The highest BCUT2D eigenvalue weighted by molar-refractivity contribution is 4.79. The second-order valence-electron chi connectivity index (χ2n) is 8.04. The minimum absolute atomic E-state index is 0.818. The number of hydrogen-bond acceptors (Lipinski definition) is 0. The maximum absolute atomic E-state index is 2.50. The Balaban J connectivity index is 4.90.